The smallest absolute Gasteiger partial charge is 0.322 e. The average molecular weight is 460 g/mol. The summed E-state index contributed by atoms with van der Waals surface area (Å²) in [4.78, 5) is 45.9. The molecule has 1 aliphatic rings. The first-order valence-corrected chi connectivity index (χ1v) is 11.2. The Morgan fingerprint density at radius 3 is 2.71 bits per heavy atom. The third-order valence-corrected chi connectivity index (χ3v) is 5.73. The number of rotatable bonds is 6. The lowest BCUT2D eigenvalue weighted by molar-refractivity contribution is 0.102. The molecule has 0 atom stereocenters. The molecule has 4 aromatic rings. The van der Waals surface area contributed by atoms with Crippen molar-refractivity contribution >= 4 is 22.6 Å². The predicted octanol–water partition coefficient (Wildman–Crippen LogP) is 2.15. The second kappa shape index (κ2) is 8.32. The highest BCUT2D eigenvalue weighted by molar-refractivity contribution is 6.12. The number of anilines is 1. The van der Waals surface area contributed by atoms with E-state index in [4.69, 9.17) is 0 Å². The third-order valence-electron chi connectivity index (χ3n) is 5.73. The Labute approximate surface area is 193 Å². The number of fused-ring (bicyclic) bond motifs is 1. The van der Waals surface area contributed by atoms with E-state index in [1.165, 1.54) is 4.57 Å². The van der Waals surface area contributed by atoms with E-state index < -0.39 is 17.2 Å². The molecule has 3 aromatic heterocycles. The van der Waals surface area contributed by atoms with Crippen LogP contribution in [0.4, 0.5) is 5.69 Å². The highest BCUT2D eigenvalue weighted by Gasteiger charge is 2.29. The number of hydrogen-bond donors (Lipinski definition) is 2. The Balaban J connectivity index is 1.61. The number of amides is 1. The fraction of sp³-hybridized carbons (Fsp3) is 0.348. The predicted molar refractivity (Wildman–Crippen MR) is 125 cm³/mol. The topological polar surface area (TPSA) is 140 Å². The molecular formula is C23H24N8O3. The Bertz CT molecular complexity index is 1530. The Hall–Kier alpha value is -4.15. The van der Waals surface area contributed by atoms with Crippen molar-refractivity contribution in [2.75, 3.05) is 5.32 Å². The number of nitrogens with zero attached hydrogens (tertiary/aromatic N) is 6. The third kappa shape index (κ3) is 4.00. The van der Waals surface area contributed by atoms with Crippen molar-refractivity contribution in [1.29, 1.82) is 0 Å². The van der Waals surface area contributed by atoms with Gasteiger partial charge >= 0.3 is 5.69 Å². The van der Waals surface area contributed by atoms with Crippen molar-refractivity contribution < 1.29 is 4.79 Å². The van der Waals surface area contributed by atoms with Crippen LogP contribution in [0.15, 0.2) is 39.9 Å². The molecule has 34 heavy (non-hydrogen) atoms. The lowest BCUT2D eigenvalue weighted by Crippen LogP contribution is -2.33. The lowest BCUT2D eigenvalue weighted by Gasteiger charge is -2.15. The number of aromatic amines is 1. The number of nitrogens with one attached hydrogen (secondary N) is 2. The van der Waals surface area contributed by atoms with Gasteiger partial charge in [-0.05, 0) is 60.4 Å². The van der Waals surface area contributed by atoms with Gasteiger partial charge in [0, 0.05) is 23.8 Å². The minimum atomic E-state index is -0.627. The summed E-state index contributed by atoms with van der Waals surface area (Å²) < 4.78 is 3.00. The first kappa shape index (κ1) is 21.7. The van der Waals surface area contributed by atoms with E-state index in [-0.39, 0.29) is 28.4 Å². The number of aromatic nitrogens is 7. The lowest BCUT2D eigenvalue weighted by atomic mass is 10.1. The molecule has 11 nitrogen and oxygen atoms in total. The standard InChI is InChI=1S/C23H24N8O3/c1-12(2)11-30-20-19(22(33)26-23(30)34)17(10-18(25-20)14-7-8-14)21(32)24-15-5-4-6-16(9-15)31-13(3)27-28-29-31/h4-6,9-10,12,14H,7-8,11H2,1-3H3,(H,24,32)(H,26,33,34). The van der Waals surface area contributed by atoms with E-state index in [0.29, 0.717) is 23.7 Å². The van der Waals surface area contributed by atoms with Crippen molar-refractivity contribution in [2.45, 2.75) is 46.1 Å². The fourth-order valence-electron chi connectivity index (χ4n) is 3.98. The summed E-state index contributed by atoms with van der Waals surface area (Å²) in [6.07, 6.45) is 1.93. The Kier molecular flexibility index (Phi) is 5.31. The minimum absolute atomic E-state index is 0.106. The number of H-pyrrole nitrogens is 1. The van der Waals surface area contributed by atoms with Crippen LogP contribution in [0.5, 0.6) is 0 Å². The van der Waals surface area contributed by atoms with Gasteiger partial charge in [0.2, 0.25) is 0 Å². The van der Waals surface area contributed by atoms with Crippen molar-refractivity contribution in [3.05, 3.63) is 68.3 Å². The highest BCUT2D eigenvalue weighted by Crippen LogP contribution is 2.40. The zero-order valence-corrected chi connectivity index (χ0v) is 19.1. The van der Waals surface area contributed by atoms with Gasteiger partial charge in [0.25, 0.3) is 11.5 Å². The van der Waals surface area contributed by atoms with Crippen LogP contribution in [0.25, 0.3) is 16.7 Å². The highest BCUT2D eigenvalue weighted by atomic mass is 16.2. The summed E-state index contributed by atoms with van der Waals surface area (Å²) >= 11 is 0. The van der Waals surface area contributed by atoms with Crippen LogP contribution in [0.2, 0.25) is 0 Å². The summed E-state index contributed by atoms with van der Waals surface area (Å²) in [6.45, 7) is 6.10. The number of carbonyl (C=O) groups is 1. The second-order valence-corrected chi connectivity index (χ2v) is 8.97. The fourth-order valence-corrected chi connectivity index (χ4v) is 3.98. The molecule has 0 radical (unpaired) electrons. The molecule has 1 saturated carbocycles. The van der Waals surface area contributed by atoms with Gasteiger partial charge in [0.05, 0.1) is 16.6 Å². The van der Waals surface area contributed by atoms with Gasteiger partial charge in [-0.2, -0.15) is 4.68 Å². The van der Waals surface area contributed by atoms with Gasteiger partial charge in [-0.25, -0.2) is 9.78 Å². The van der Waals surface area contributed by atoms with Crippen molar-refractivity contribution in [3.63, 3.8) is 0 Å². The molecule has 0 spiro atoms. The minimum Gasteiger partial charge on any atom is -0.322 e. The van der Waals surface area contributed by atoms with Crippen molar-refractivity contribution in [2.24, 2.45) is 5.92 Å². The molecule has 0 bridgehead atoms. The number of tetrazole rings is 1. The first-order valence-electron chi connectivity index (χ1n) is 11.2. The van der Waals surface area contributed by atoms with Crippen LogP contribution in [0.1, 0.15) is 54.5 Å². The van der Waals surface area contributed by atoms with Crippen molar-refractivity contribution in [3.8, 4) is 5.69 Å². The van der Waals surface area contributed by atoms with Crippen molar-refractivity contribution in [1.82, 2.24) is 34.7 Å². The molecule has 11 heteroatoms. The van der Waals surface area contributed by atoms with E-state index in [2.05, 4.69) is 30.8 Å². The normalized spacial score (nSPS) is 13.5. The molecule has 5 rings (SSSR count). The van der Waals surface area contributed by atoms with Gasteiger partial charge in [-0.1, -0.05) is 19.9 Å². The maximum absolute atomic E-state index is 13.4. The molecule has 174 valence electrons. The molecule has 1 aromatic carbocycles. The summed E-state index contributed by atoms with van der Waals surface area (Å²) in [7, 11) is 0. The van der Waals surface area contributed by atoms with E-state index in [1.807, 2.05) is 19.9 Å². The molecule has 2 N–H and O–H groups in total. The van der Waals surface area contributed by atoms with Crippen LogP contribution in [0.3, 0.4) is 0 Å². The van der Waals surface area contributed by atoms with Crippen LogP contribution < -0.4 is 16.6 Å². The van der Waals surface area contributed by atoms with Gasteiger partial charge in [0.15, 0.2) is 11.5 Å². The molecule has 1 amide bonds. The number of carbonyl (C=O) groups excluding carboxylic acids is 1. The number of hydrogen-bond acceptors (Lipinski definition) is 7. The summed E-state index contributed by atoms with van der Waals surface area (Å²) in [6, 6.07) is 8.75. The molecule has 0 unspecified atom stereocenters. The maximum Gasteiger partial charge on any atom is 0.330 e. The average Bonchev–Trinajstić information content (AvgIpc) is 3.56. The monoisotopic (exact) mass is 460 g/mol. The molecular weight excluding hydrogens is 436 g/mol. The SMILES string of the molecule is Cc1nnnn1-c1cccc(NC(=O)c2cc(C3CC3)nc3c2c(=O)[nH]c(=O)n3CC(C)C)c1. The van der Waals surface area contributed by atoms with E-state index in [1.54, 1.807) is 35.9 Å². The van der Waals surface area contributed by atoms with Crippen LogP contribution in [-0.2, 0) is 6.54 Å². The maximum atomic E-state index is 13.4. The van der Waals surface area contributed by atoms with Gasteiger partial charge in [0.1, 0.15) is 0 Å². The number of pyridine rings is 1. The van der Waals surface area contributed by atoms with Gasteiger partial charge < -0.3 is 5.32 Å². The summed E-state index contributed by atoms with van der Waals surface area (Å²) in [5, 5.41) is 14.5. The van der Waals surface area contributed by atoms with Gasteiger partial charge in [-0.15, -0.1) is 5.10 Å². The number of benzene rings is 1. The number of aryl methyl sites for hydroxylation is 1. The second-order valence-electron chi connectivity index (χ2n) is 8.97. The van der Waals surface area contributed by atoms with Gasteiger partial charge in [-0.3, -0.25) is 19.1 Å². The van der Waals surface area contributed by atoms with E-state index >= 15 is 0 Å². The summed E-state index contributed by atoms with van der Waals surface area (Å²) in [5.41, 5.74) is 1.20. The molecule has 0 saturated heterocycles. The van der Waals surface area contributed by atoms with Crippen LogP contribution >= 0.6 is 0 Å². The van der Waals surface area contributed by atoms with Crippen LogP contribution in [-0.4, -0.2) is 40.6 Å². The van der Waals surface area contributed by atoms with E-state index in [0.717, 1.165) is 18.5 Å². The first-order chi connectivity index (χ1) is 16.3. The molecule has 1 aliphatic carbocycles. The molecule has 3 heterocycles. The van der Waals surface area contributed by atoms with Crippen LogP contribution in [0, 0.1) is 12.8 Å². The molecule has 1 fully saturated rings. The Morgan fingerprint density at radius 2 is 2.03 bits per heavy atom. The van der Waals surface area contributed by atoms with E-state index in [9.17, 15) is 14.4 Å². The Morgan fingerprint density at radius 1 is 1.24 bits per heavy atom. The largest absolute Gasteiger partial charge is 0.330 e. The summed E-state index contributed by atoms with van der Waals surface area (Å²) in [5.74, 6) is 0.518. The molecule has 0 aliphatic heterocycles. The quantitative estimate of drug-likeness (QED) is 0.449. The zero-order chi connectivity index (χ0) is 24.0. The zero-order valence-electron chi connectivity index (χ0n) is 19.1.